The Bertz CT molecular complexity index is 1720. The van der Waals surface area contributed by atoms with Crippen molar-refractivity contribution in [1.29, 1.82) is 5.26 Å². The Morgan fingerprint density at radius 3 is 2.71 bits per heavy atom. The molecule has 42 heavy (non-hydrogen) atoms. The van der Waals surface area contributed by atoms with E-state index in [1.54, 1.807) is 6.20 Å². The van der Waals surface area contributed by atoms with Gasteiger partial charge in [-0.3, -0.25) is 15.0 Å². The van der Waals surface area contributed by atoms with Gasteiger partial charge in [-0.2, -0.15) is 5.26 Å². The zero-order chi connectivity index (χ0) is 29.4. The van der Waals surface area contributed by atoms with Gasteiger partial charge in [0.15, 0.2) is 0 Å². The molecule has 4 aromatic rings. The van der Waals surface area contributed by atoms with Gasteiger partial charge in [0.1, 0.15) is 19.7 Å². The van der Waals surface area contributed by atoms with Crippen LogP contribution in [0.3, 0.4) is 0 Å². The van der Waals surface area contributed by atoms with E-state index in [4.69, 9.17) is 11.6 Å². The number of hydrogen-bond donors (Lipinski definition) is 4. The molecule has 0 bridgehead atoms. The molecule has 1 saturated carbocycles. The third kappa shape index (κ3) is 5.22. The number of fused-ring (bicyclic) bond motifs is 1. The summed E-state index contributed by atoms with van der Waals surface area (Å²) < 4.78 is 14.6. The summed E-state index contributed by atoms with van der Waals surface area (Å²) >= 11 is 6.84. The molecule has 4 N–H and O–H groups in total. The van der Waals surface area contributed by atoms with Gasteiger partial charge < -0.3 is 16.1 Å². The molecular formula is C31H31BClFN8. The number of halogens is 2. The first-order valence-corrected chi connectivity index (χ1v) is 14.5. The lowest BCUT2D eigenvalue weighted by molar-refractivity contribution is 0.260. The van der Waals surface area contributed by atoms with E-state index in [9.17, 15) is 9.65 Å². The molecule has 0 spiro atoms. The van der Waals surface area contributed by atoms with Crippen molar-refractivity contribution >= 4 is 41.7 Å². The first kappa shape index (κ1) is 27.8. The predicted molar refractivity (Wildman–Crippen MR) is 167 cm³/mol. The summed E-state index contributed by atoms with van der Waals surface area (Å²) in [6.45, 7) is 3.96. The number of rotatable bonds is 9. The third-order valence-electron chi connectivity index (χ3n) is 8.03. The number of pyridine rings is 2. The Kier molecular flexibility index (Phi) is 7.39. The number of nitriles is 1. The number of aryl methyl sites for hydroxylation is 1. The quantitative estimate of drug-likeness (QED) is 0.196. The minimum absolute atomic E-state index is 0.0297. The monoisotopic (exact) mass is 580 g/mol. The van der Waals surface area contributed by atoms with Gasteiger partial charge in [-0.25, -0.2) is 4.39 Å². The SMILES string of the molecule is BC(Nc1cc(Cl)c2ncc(C#N)c(N[C@H](CC)c3ccccc3)c2c1)(C1=CN(C2CC2)NN1)c1cc(F)cnc1C. The maximum Gasteiger partial charge on any atom is 0.148 e. The summed E-state index contributed by atoms with van der Waals surface area (Å²) in [5.74, 6) is -0.424. The van der Waals surface area contributed by atoms with Crippen LogP contribution in [0.1, 0.15) is 54.6 Å². The lowest BCUT2D eigenvalue weighted by Crippen LogP contribution is -2.46. The lowest BCUT2D eigenvalue weighted by atomic mass is 9.69. The van der Waals surface area contributed by atoms with Crippen molar-refractivity contribution in [3.8, 4) is 6.07 Å². The summed E-state index contributed by atoms with van der Waals surface area (Å²) in [5, 5.41) is 20.5. The molecule has 1 aliphatic heterocycles. The van der Waals surface area contributed by atoms with Crippen molar-refractivity contribution in [1.82, 2.24) is 25.9 Å². The summed E-state index contributed by atoms with van der Waals surface area (Å²) in [6.07, 6.45) is 7.81. The minimum Gasteiger partial charge on any atom is -0.378 e. The molecule has 0 radical (unpaired) electrons. The number of hydrogen-bond acceptors (Lipinski definition) is 8. The average molecular weight is 581 g/mol. The van der Waals surface area contributed by atoms with Gasteiger partial charge in [0.2, 0.25) is 0 Å². The van der Waals surface area contributed by atoms with E-state index in [0.717, 1.165) is 30.5 Å². The topological polar surface area (TPSA) is 101 Å². The molecule has 3 heterocycles. The van der Waals surface area contributed by atoms with Crippen LogP contribution < -0.4 is 21.6 Å². The Morgan fingerprint density at radius 1 is 1.21 bits per heavy atom. The number of anilines is 2. The summed E-state index contributed by atoms with van der Waals surface area (Å²) in [6, 6.07) is 18.1. The third-order valence-corrected chi connectivity index (χ3v) is 8.32. The number of hydrazine groups is 2. The van der Waals surface area contributed by atoms with E-state index in [1.165, 1.54) is 12.3 Å². The lowest BCUT2D eigenvalue weighted by Gasteiger charge is -2.35. The van der Waals surface area contributed by atoms with E-state index in [0.29, 0.717) is 50.2 Å². The van der Waals surface area contributed by atoms with E-state index in [1.807, 2.05) is 56.3 Å². The van der Waals surface area contributed by atoms with E-state index in [-0.39, 0.29) is 6.04 Å². The van der Waals surface area contributed by atoms with Crippen molar-refractivity contribution in [2.75, 3.05) is 10.6 Å². The zero-order valence-electron chi connectivity index (χ0n) is 23.7. The largest absolute Gasteiger partial charge is 0.378 e. The Balaban J connectivity index is 1.47. The normalized spacial score (nSPS) is 16.7. The van der Waals surface area contributed by atoms with Crippen molar-refractivity contribution in [2.45, 2.75) is 50.6 Å². The summed E-state index contributed by atoms with van der Waals surface area (Å²) in [5.41, 5.74) is 11.2. The molecule has 1 fully saturated rings. The van der Waals surface area contributed by atoms with Crippen LogP contribution >= 0.6 is 11.6 Å². The Hall–Kier alpha value is -4.33. The van der Waals surface area contributed by atoms with Gasteiger partial charge in [0, 0.05) is 35.2 Å². The average Bonchev–Trinajstić information content (AvgIpc) is 3.72. The highest BCUT2D eigenvalue weighted by atomic mass is 35.5. The molecule has 212 valence electrons. The van der Waals surface area contributed by atoms with Gasteiger partial charge in [-0.15, -0.1) is 5.53 Å². The molecule has 11 heteroatoms. The molecule has 0 saturated heterocycles. The van der Waals surface area contributed by atoms with Crippen molar-refractivity contribution in [3.63, 3.8) is 0 Å². The van der Waals surface area contributed by atoms with Crippen LogP contribution in [0.15, 0.2) is 72.8 Å². The van der Waals surface area contributed by atoms with E-state index >= 15 is 0 Å². The van der Waals surface area contributed by atoms with Crippen LogP contribution in [0.4, 0.5) is 15.8 Å². The summed E-state index contributed by atoms with van der Waals surface area (Å²) in [7, 11) is 1.98. The first-order valence-electron chi connectivity index (χ1n) is 14.1. The van der Waals surface area contributed by atoms with Crippen LogP contribution in [0.25, 0.3) is 10.9 Å². The van der Waals surface area contributed by atoms with Crippen LogP contribution in [-0.4, -0.2) is 28.9 Å². The molecule has 2 aromatic carbocycles. The molecule has 2 aliphatic rings. The summed E-state index contributed by atoms with van der Waals surface area (Å²) in [4.78, 5) is 8.84. The maximum absolute atomic E-state index is 14.6. The minimum atomic E-state index is -0.920. The van der Waals surface area contributed by atoms with E-state index in [2.05, 4.69) is 56.7 Å². The van der Waals surface area contributed by atoms with Crippen molar-refractivity contribution < 1.29 is 4.39 Å². The van der Waals surface area contributed by atoms with E-state index < -0.39 is 11.3 Å². The molecule has 1 aliphatic carbocycles. The Morgan fingerprint density at radius 2 is 2.00 bits per heavy atom. The van der Waals surface area contributed by atoms with Crippen LogP contribution in [0.2, 0.25) is 5.02 Å². The van der Waals surface area contributed by atoms with Crippen molar-refractivity contribution in [3.05, 3.63) is 106 Å². The zero-order valence-corrected chi connectivity index (χ0v) is 24.4. The van der Waals surface area contributed by atoms with Gasteiger partial charge in [-0.1, -0.05) is 48.9 Å². The van der Waals surface area contributed by atoms with Crippen LogP contribution in [0.5, 0.6) is 0 Å². The molecule has 8 nitrogen and oxygen atoms in total. The highest BCUT2D eigenvalue weighted by Gasteiger charge is 2.39. The fraction of sp³-hybridized carbons (Fsp3) is 0.258. The second kappa shape index (κ2) is 11.2. The number of benzene rings is 2. The smallest absolute Gasteiger partial charge is 0.148 e. The van der Waals surface area contributed by atoms with Crippen LogP contribution in [0, 0.1) is 24.1 Å². The van der Waals surface area contributed by atoms with Gasteiger partial charge in [0.05, 0.1) is 45.2 Å². The number of nitrogens with zero attached hydrogens (tertiary/aromatic N) is 4. The number of aromatic nitrogens is 2. The molecular weight excluding hydrogens is 550 g/mol. The Labute approximate surface area is 250 Å². The standard InChI is InChI=1S/C31H31BClFN8/c1-3-27(19-7-5-4-6-8-19)38-29-20(14-35)15-37-30-24(29)12-22(13-26(30)33)39-31(32,25-11-21(34)16-36-18(25)2)28-17-42(41-40-28)23-9-10-23/h4-8,11-13,15-17,23,27,39-41H,3,9-10,32H2,1-2H3,(H,37,38)/t27-,31?/m1/s1. The predicted octanol–water partition coefficient (Wildman–Crippen LogP) is 5.39. The fourth-order valence-electron chi connectivity index (χ4n) is 5.57. The molecule has 1 unspecified atom stereocenters. The van der Waals surface area contributed by atoms with Crippen molar-refractivity contribution in [2.24, 2.45) is 0 Å². The second-order valence-corrected chi connectivity index (χ2v) is 11.4. The molecule has 0 amide bonds. The van der Waals surface area contributed by atoms with Gasteiger partial charge >= 0.3 is 0 Å². The maximum atomic E-state index is 14.6. The molecule has 2 aromatic heterocycles. The molecule has 6 rings (SSSR count). The van der Waals surface area contributed by atoms with Gasteiger partial charge in [-0.05, 0) is 55.5 Å². The number of nitrogens with one attached hydrogen (secondary N) is 4. The molecule has 2 atom stereocenters. The van der Waals surface area contributed by atoms with Crippen LogP contribution in [-0.2, 0) is 5.44 Å². The fourth-order valence-corrected chi connectivity index (χ4v) is 5.83. The highest BCUT2D eigenvalue weighted by Crippen LogP contribution is 2.39. The second-order valence-electron chi connectivity index (χ2n) is 11.0. The highest BCUT2D eigenvalue weighted by molar-refractivity contribution is 6.36. The van der Waals surface area contributed by atoms with Gasteiger partial charge in [0.25, 0.3) is 0 Å². The first-order chi connectivity index (χ1) is 20.3.